The van der Waals surface area contributed by atoms with E-state index in [4.69, 9.17) is 0 Å². The van der Waals surface area contributed by atoms with Crippen LogP contribution in [-0.4, -0.2) is 24.8 Å². The van der Waals surface area contributed by atoms with E-state index in [1.54, 1.807) is 0 Å². The standard InChI is InChI=1S/C14H23NO/c1-12(2)14(11-16)10-15-9-8-13-6-4-3-5-7-13/h3-7,12,14-16H,8-11H2,1-2H3. The third-order valence-corrected chi connectivity index (χ3v) is 3.02. The normalized spacial score (nSPS) is 13.0. The molecular weight excluding hydrogens is 198 g/mol. The molecule has 0 fully saturated rings. The Morgan fingerprint density at radius 2 is 1.88 bits per heavy atom. The molecule has 1 atom stereocenters. The molecule has 2 nitrogen and oxygen atoms in total. The molecule has 0 radical (unpaired) electrons. The van der Waals surface area contributed by atoms with Crippen molar-refractivity contribution in [2.24, 2.45) is 11.8 Å². The van der Waals surface area contributed by atoms with Gasteiger partial charge in [0.2, 0.25) is 0 Å². The van der Waals surface area contributed by atoms with Crippen molar-refractivity contribution < 1.29 is 5.11 Å². The van der Waals surface area contributed by atoms with Crippen molar-refractivity contribution >= 4 is 0 Å². The summed E-state index contributed by atoms with van der Waals surface area (Å²) in [5.74, 6) is 0.907. The van der Waals surface area contributed by atoms with Gasteiger partial charge in [-0.05, 0) is 30.4 Å². The highest BCUT2D eigenvalue weighted by molar-refractivity contribution is 5.14. The molecule has 0 amide bonds. The van der Waals surface area contributed by atoms with Gasteiger partial charge in [-0.1, -0.05) is 44.2 Å². The zero-order valence-corrected chi connectivity index (χ0v) is 10.3. The van der Waals surface area contributed by atoms with Gasteiger partial charge in [0.25, 0.3) is 0 Å². The Morgan fingerprint density at radius 1 is 1.19 bits per heavy atom. The molecule has 0 aliphatic carbocycles. The fraction of sp³-hybridized carbons (Fsp3) is 0.571. The Morgan fingerprint density at radius 3 is 2.44 bits per heavy atom. The number of hydrogen-bond donors (Lipinski definition) is 2. The Hall–Kier alpha value is -0.860. The van der Waals surface area contributed by atoms with Crippen molar-refractivity contribution in [2.75, 3.05) is 19.7 Å². The molecule has 2 heteroatoms. The van der Waals surface area contributed by atoms with Crippen molar-refractivity contribution in [1.82, 2.24) is 5.32 Å². The summed E-state index contributed by atoms with van der Waals surface area (Å²) in [5, 5.41) is 12.6. The van der Waals surface area contributed by atoms with Crippen LogP contribution in [-0.2, 0) is 6.42 Å². The number of nitrogens with one attached hydrogen (secondary N) is 1. The van der Waals surface area contributed by atoms with E-state index in [9.17, 15) is 5.11 Å². The van der Waals surface area contributed by atoms with Gasteiger partial charge < -0.3 is 10.4 Å². The number of hydrogen-bond acceptors (Lipinski definition) is 2. The molecule has 0 aromatic heterocycles. The van der Waals surface area contributed by atoms with Gasteiger partial charge in [-0.3, -0.25) is 0 Å². The Labute approximate surface area is 98.7 Å². The van der Waals surface area contributed by atoms with Crippen LogP contribution in [0, 0.1) is 11.8 Å². The molecule has 0 aliphatic heterocycles. The molecule has 1 aromatic carbocycles. The van der Waals surface area contributed by atoms with Crippen molar-refractivity contribution in [2.45, 2.75) is 20.3 Å². The SMILES string of the molecule is CC(C)C(CO)CNCCc1ccccc1. The lowest BCUT2D eigenvalue weighted by Crippen LogP contribution is -2.30. The van der Waals surface area contributed by atoms with Gasteiger partial charge in [-0.2, -0.15) is 0 Å². The summed E-state index contributed by atoms with van der Waals surface area (Å²) in [6.45, 7) is 6.46. The van der Waals surface area contributed by atoms with E-state index < -0.39 is 0 Å². The Kier molecular flexibility index (Phi) is 6.12. The highest BCUT2D eigenvalue weighted by atomic mass is 16.3. The van der Waals surface area contributed by atoms with E-state index in [1.807, 2.05) is 6.07 Å². The second-order valence-electron chi connectivity index (χ2n) is 4.63. The monoisotopic (exact) mass is 221 g/mol. The number of benzene rings is 1. The molecule has 0 heterocycles. The molecule has 90 valence electrons. The Balaban J connectivity index is 2.16. The van der Waals surface area contributed by atoms with Crippen LogP contribution in [0.3, 0.4) is 0 Å². The zero-order chi connectivity index (χ0) is 11.8. The quantitative estimate of drug-likeness (QED) is 0.691. The summed E-state index contributed by atoms with van der Waals surface area (Å²) < 4.78 is 0. The largest absolute Gasteiger partial charge is 0.396 e. The molecule has 0 saturated heterocycles. The van der Waals surface area contributed by atoms with Crippen molar-refractivity contribution in [1.29, 1.82) is 0 Å². The van der Waals surface area contributed by atoms with Crippen molar-refractivity contribution in [3.8, 4) is 0 Å². The number of aliphatic hydroxyl groups excluding tert-OH is 1. The molecule has 0 bridgehead atoms. The molecule has 1 unspecified atom stereocenters. The maximum atomic E-state index is 9.17. The van der Waals surface area contributed by atoms with Gasteiger partial charge in [0.15, 0.2) is 0 Å². The van der Waals surface area contributed by atoms with Crippen LogP contribution in [0.25, 0.3) is 0 Å². The van der Waals surface area contributed by atoms with Crippen LogP contribution in [0.5, 0.6) is 0 Å². The summed E-state index contributed by atoms with van der Waals surface area (Å²) in [4.78, 5) is 0. The van der Waals surface area contributed by atoms with Crippen molar-refractivity contribution in [3.63, 3.8) is 0 Å². The first-order valence-corrected chi connectivity index (χ1v) is 6.09. The summed E-state index contributed by atoms with van der Waals surface area (Å²) in [6, 6.07) is 10.5. The number of aliphatic hydroxyl groups is 1. The fourth-order valence-corrected chi connectivity index (χ4v) is 1.68. The first-order valence-electron chi connectivity index (χ1n) is 6.09. The van der Waals surface area contributed by atoms with Crippen LogP contribution in [0.15, 0.2) is 30.3 Å². The third-order valence-electron chi connectivity index (χ3n) is 3.02. The van der Waals surface area contributed by atoms with Crippen LogP contribution >= 0.6 is 0 Å². The maximum absolute atomic E-state index is 9.17. The molecule has 1 aromatic rings. The zero-order valence-electron chi connectivity index (χ0n) is 10.3. The molecule has 1 rings (SSSR count). The highest BCUT2D eigenvalue weighted by Gasteiger charge is 2.10. The van der Waals surface area contributed by atoms with E-state index in [0.29, 0.717) is 11.8 Å². The van der Waals surface area contributed by atoms with Crippen molar-refractivity contribution in [3.05, 3.63) is 35.9 Å². The summed E-state index contributed by atoms with van der Waals surface area (Å²) >= 11 is 0. The average molecular weight is 221 g/mol. The van der Waals surface area contributed by atoms with E-state index >= 15 is 0 Å². The molecule has 0 saturated carbocycles. The van der Waals surface area contributed by atoms with Crippen LogP contribution in [0.2, 0.25) is 0 Å². The second kappa shape index (κ2) is 7.42. The minimum Gasteiger partial charge on any atom is -0.396 e. The minimum absolute atomic E-state index is 0.274. The summed E-state index contributed by atoms with van der Waals surface area (Å²) in [5.41, 5.74) is 1.36. The lowest BCUT2D eigenvalue weighted by Gasteiger charge is -2.18. The minimum atomic E-state index is 0.274. The first kappa shape index (κ1) is 13.2. The highest BCUT2D eigenvalue weighted by Crippen LogP contribution is 2.08. The fourth-order valence-electron chi connectivity index (χ4n) is 1.68. The lowest BCUT2D eigenvalue weighted by atomic mass is 9.97. The van der Waals surface area contributed by atoms with Gasteiger partial charge in [-0.15, -0.1) is 0 Å². The molecule has 2 N–H and O–H groups in total. The lowest BCUT2D eigenvalue weighted by molar-refractivity contribution is 0.186. The first-order chi connectivity index (χ1) is 7.74. The van der Waals surface area contributed by atoms with E-state index in [2.05, 4.69) is 43.4 Å². The predicted octanol–water partition coefficient (Wildman–Crippen LogP) is 2.08. The van der Waals surface area contributed by atoms with E-state index in [0.717, 1.165) is 19.5 Å². The van der Waals surface area contributed by atoms with Crippen LogP contribution in [0.1, 0.15) is 19.4 Å². The van der Waals surface area contributed by atoms with Gasteiger partial charge >= 0.3 is 0 Å². The van der Waals surface area contributed by atoms with Gasteiger partial charge in [0, 0.05) is 13.2 Å². The van der Waals surface area contributed by atoms with E-state index in [1.165, 1.54) is 5.56 Å². The van der Waals surface area contributed by atoms with E-state index in [-0.39, 0.29) is 6.61 Å². The van der Waals surface area contributed by atoms with Crippen LogP contribution in [0.4, 0.5) is 0 Å². The average Bonchev–Trinajstić information content (AvgIpc) is 2.30. The van der Waals surface area contributed by atoms with Gasteiger partial charge in [-0.25, -0.2) is 0 Å². The summed E-state index contributed by atoms with van der Waals surface area (Å²) in [7, 11) is 0. The van der Waals surface area contributed by atoms with Crippen LogP contribution < -0.4 is 5.32 Å². The molecule has 0 spiro atoms. The Bertz CT molecular complexity index is 271. The third kappa shape index (κ3) is 4.77. The summed E-state index contributed by atoms with van der Waals surface area (Å²) in [6.07, 6.45) is 1.05. The van der Waals surface area contributed by atoms with Gasteiger partial charge in [0.05, 0.1) is 0 Å². The topological polar surface area (TPSA) is 32.3 Å². The second-order valence-corrected chi connectivity index (χ2v) is 4.63. The predicted molar refractivity (Wildman–Crippen MR) is 68.4 cm³/mol. The smallest absolute Gasteiger partial charge is 0.0473 e. The molecule has 16 heavy (non-hydrogen) atoms. The maximum Gasteiger partial charge on any atom is 0.0473 e. The number of rotatable bonds is 7. The van der Waals surface area contributed by atoms with Gasteiger partial charge in [0.1, 0.15) is 0 Å². The molecule has 0 aliphatic rings. The molecular formula is C14H23NO.